The fraction of sp³-hybridized carbons (Fsp3) is 0.273. The minimum atomic E-state index is -4.38. The molecule has 0 radical (unpaired) electrons. The molecule has 1 atom stereocenters. The van der Waals surface area contributed by atoms with Crippen molar-refractivity contribution in [2.45, 2.75) is 13.5 Å². The van der Waals surface area contributed by atoms with Gasteiger partial charge < -0.3 is 19.9 Å². The minimum Gasteiger partial charge on any atom is -0.410 e. The molecule has 0 aliphatic rings. The molecular weight excluding hydrogens is 271 g/mol. The van der Waals surface area contributed by atoms with Crippen molar-refractivity contribution in [1.29, 1.82) is 0 Å². The third-order valence-corrected chi connectivity index (χ3v) is 3.71. The molecule has 104 valence electrons. The number of nitrogens with zero attached hydrogens (tertiary/aromatic N) is 1. The highest BCUT2D eigenvalue weighted by Gasteiger charge is 2.33. The van der Waals surface area contributed by atoms with E-state index in [2.05, 4.69) is 15.0 Å². The average molecular weight is 286 g/mol. The van der Waals surface area contributed by atoms with E-state index in [0.29, 0.717) is 0 Å². The Hall–Kier alpha value is -1.69. The van der Waals surface area contributed by atoms with Gasteiger partial charge in [0.1, 0.15) is 0 Å². The molecule has 0 aliphatic heterocycles. The van der Waals surface area contributed by atoms with Crippen LogP contribution in [0.3, 0.4) is 0 Å². The Kier molecular flexibility index (Phi) is 5.23. The van der Waals surface area contributed by atoms with Gasteiger partial charge in [0.05, 0.1) is 0 Å². The second-order valence-electron chi connectivity index (χ2n) is 3.79. The Morgan fingerprint density at radius 1 is 1.42 bits per heavy atom. The first-order chi connectivity index (χ1) is 8.90. The predicted octanol–water partition coefficient (Wildman–Crippen LogP) is 1.23. The fourth-order valence-corrected chi connectivity index (χ4v) is 1.91. The number of aryl methyl sites for hydroxylation is 1. The highest BCUT2D eigenvalue weighted by molar-refractivity contribution is 7.74. The number of carbonyl (C=O) groups is 1. The number of amides is 1. The zero-order chi connectivity index (χ0) is 14.5. The molecule has 0 aliphatic carbocycles. The average Bonchev–Trinajstić information content (AvgIpc) is 2.38. The van der Waals surface area contributed by atoms with Gasteiger partial charge in [0.2, 0.25) is 0 Å². The quantitative estimate of drug-likeness (QED) is 0.326. The van der Waals surface area contributed by atoms with E-state index in [-0.39, 0.29) is 6.54 Å². The summed E-state index contributed by atoms with van der Waals surface area (Å²) >= 11 is 0. The van der Waals surface area contributed by atoms with Gasteiger partial charge in [0.15, 0.2) is 0 Å². The number of oxime groups is 1. The van der Waals surface area contributed by atoms with E-state index >= 15 is 0 Å². The normalized spacial score (nSPS) is 14.8. The van der Waals surface area contributed by atoms with Crippen LogP contribution in [0.1, 0.15) is 11.1 Å². The molecule has 0 heterocycles. The predicted molar refractivity (Wildman–Crippen MR) is 69.1 cm³/mol. The Labute approximate surface area is 110 Å². The van der Waals surface area contributed by atoms with Crippen LogP contribution in [-0.4, -0.2) is 28.6 Å². The van der Waals surface area contributed by atoms with Gasteiger partial charge in [-0.05, 0) is 12.5 Å². The molecule has 1 amide bonds. The Morgan fingerprint density at radius 3 is 2.47 bits per heavy atom. The highest BCUT2D eigenvalue weighted by atomic mass is 31.2. The molecule has 8 heteroatoms. The number of rotatable bonds is 5. The van der Waals surface area contributed by atoms with Crippen molar-refractivity contribution in [3.8, 4) is 0 Å². The van der Waals surface area contributed by atoms with Crippen LogP contribution in [0.2, 0.25) is 0 Å². The van der Waals surface area contributed by atoms with E-state index in [4.69, 9.17) is 5.21 Å². The topological polar surface area (TPSA) is 108 Å². The van der Waals surface area contributed by atoms with Crippen molar-refractivity contribution in [2.24, 2.45) is 5.16 Å². The van der Waals surface area contributed by atoms with Crippen LogP contribution >= 0.6 is 7.60 Å². The maximum absolute atomic E-state index is 11.6. The molecule has 0 saturated heterocycles. The lowest BCUT2D eigenvalue weighted by atomic mass is 10.1. The Morgan fingerprint density at radius 2 is 2.00 bits per heavy atom. The molecule has 0 bridgehead atoms. The molecule has 19 heavy (non-hydrogen) atoms. The smallest absolute Gasteiger partial charge is 0.385 e. The van der Waals surface area contributed by atoms with Crippen molar-refractivity contribution in [2.75, 3.05) is 7.11 Å². The molecule has 1 unspecified atom stereocenters. The van der Waals surface area contributed by atoms with Crippen LogP contribution in [0.15, 0.2) is 29.4 Å². The van der Waals surface area contributed by atoms with E-state index < -0.39 is 19.0 Å². The maximum Gasteiger partial charge on any atom is 0.385 e. The van der Waals surface area contributed by atoms with E-state index in [1.54, 1.807) is 12.1 Å². The van der Waals surface area contributed by atoms with Gasteiger partial charge in [-0.15, -0.1) is 0 Å². The lowest BCUT2D eigenvalue weighted by Gasteiger charge is -2.10. The molecule has 0 fully saturated rings. The third kappa shape index (κ3) is 4.17. The maximum atomic E-state index is 11.6. The van der Waals surface area contributed by atoms with Crippen LogP contribution in [0.4, 0.5) is 0 Å². The van der Waals surface area contributed by atoms with Crippen LogP contribution in [-0.2, 0) is 20.4 Å². The number of hydrogen-bond acceptors (Lipinski definition) is 5. The van der Waals surface area contributed by atoms with Crippen LogP contribution in [0.5, 0.6) is 0 Å². The molecule has 1 aromatic rings. The Balaban J connectivity index is 2.70. The molecule has 3 N–H and O–H groups in total. The highest BCUT2D eigenvalue weighted by Crippen LogP contribution is 2.42. The molecular formula is C11H15N2O5P. The Bertz CT molecular complexity index is 526. The van der Waals surface area contributed by atoms with Crippen LogP contribution < -0.4 is 5.32 Å². The zero-order valence-corrected chi connectivity index (χ0v) is 11.4. The lowest BCUT2D eigenvalue weighted by Crippen LogP contribution is -2.30. The molecule has 1 rings (SSSR count). The summed E-state index contributed by atoms with van der Waals surface area (Å²) < 4.78 is 15.6. The number of hydrogen-bond donors (Lipinski definition) is 3. The standard InChI is InChI=1S/C11H15N2O5P/c1-8-3-5-9(6-4-8)7-12-10(14)11(13-15)19(16,17)18-2/h3-6,15H,7H2,1-2H3,(H,12,14)(H,16,17)/b13-11+. The summed E-state index contributed by atoms with van der Waals surface area (Å²) in [7, 11) is -3.44. The van der Waals surface area contributed by atoms with Gasteiger partial charge in [-0.1, -0.05) is 35.0 Å². The van der Waals surface area contributed by atoms with Crippen LogP contribution in [0.25, 0.3) is 0 Å². The first-order valence-electron chi connectivity index (χ1n) is 5.35. The monoisotopic (exact) mass is 286 g/mol. The molecule has 0 spiro atoms. The second-order valence-corrected chi connectivity index (χ2v) is 5.62. The van der Waals surface area contributed by atoms with Gasteiger partial charge in [-0.3, -0.25) is 9.36 Å². The summed E-state index contributed by atoms with van der Waals surface area (Å²) in [6.45, 7) is 2.07. The minimum absolute atomic E-state index is 0.141. The number of nitrogens with one attached hydrogen (secondary N) is 1. The molecule has 0 saturated carbocycles. The van der Waals surface area contributed by atoms with Crippen molar-refractivity contribution >= 4 is 19.0 Å². The van der Waals surface area contributed by atoms with Crippen molar-refractivity contribution in [3.05, 3.63) is 35.4 Å². The molecule has 0 aromatic heterocycles. The zero-order valence-electron chi connectivity index (χ0n) is 10.5. The lowest BCUT2D eigenvalue weighted by molar-refractivity contribution is -0.114. The van der Waals surface area contributed by atoms with E-state index in [0.717, 1.165) is 18.2 Å². The second kappa shape index (κ2) is 6.47. The molecule has 1 aromatic carbocycles. The first-order valence-corrected chi connectivity index (χ1v) is 6.93. The largest absolute Gasteiger partial charge is 0.410 e. The number of benzene rings is 1. The third-order valence-electron chi connectivity index (χ3n) is 2.39. The van der Waals surface area contributed by atoms with Gasteiger partial charge in [-0.2, -0.15) is 0 Å². The summed E-state index contributed by atoms with van der Waals surface area (Å²) in [6.07, 6.45) is 0. The summed E-state index contributed by atoms with van der Waals surface area (Å²) in [5.74, 6) is -0.962. The summed E-state index contributed by atoms with van der Waals surface area (Å²) in [6, 6.07) is 7.35. The first kappa shape index (κ1) is 15.4. The van der Waals surface area contributed by atoms with E-state index in [9.17, 15) is 14.3 Å². The summed E-state index contributed by atoms with van der Waals surface area (Å²) in [5.41, 5.74) is 0.940. The van der Waals surface area contributed by atoms with Gasteiger partial charge in [0.25, 0.3) is 11.4 Å². The van der Waals surface area contributed by atoms with Gasteiger partial charge >= 0.3 is 7.60 Å². The van der Waals surface area contributed by atoms with Gasteiger partial charge in [-0.25, -0.2) is 0 Å². The summed E-state index contributed by atoms with van der Waals surface area (Å²) in [4.78, 5) is 20.9. The molecule has 7 nitrogen and oxygen atoms in total. The van der Waals surface area contributed by atoms with E-state index in [1.807, 2.05) is 19.1 Å². The van der Waals surface area contributed by atoms with Crippen molar-refractivity contribution in [1.82, 2.24) is 5.32 Å². The number of carbonyl (C=O) groups excluding carboxylic acids is 1. The van der Waals surface area contributed by atoms with Crippen LogP contribution in [0, 0.1) is 6.92 Å². The fourth-order valence-electron chi connectivity index (χ4n) is 1.28. The SMILES string of the molecule is COP(=O)(O)/C(=N/O)C(=O)NCc1ccc(C)cc1. The van der Waals surface area contributed by atoms with Crippen molar-refractivity contribution < 1.29 is 24.0 Å². The van der Waals surface area contributed by atoms with Crippen molar-refractivity contribution in [3.63, 3.8) is 0 Å². The summed E-state index contributed by atoms with van der Waals surface area (Å²) in [5, 5.41) is 13.5. The van der Waals surface area contributed by atoms with Gasteiger partial charge in [0, 0.05) is 13.7 Å². The van der Waals surface area contributed by atoms with E-state index in [1.165, 1.54) is 0 Å².